The Bertz CT molecular complexity index is 1260. The van der Waals surface area contributed by atoms with Crippen molar-refractivity contribution in [1.82, 2.24) is 19.8 Å². The van der Waals surface area contributed by atoms with Crippen LogP contribution in [0.5, 0.6) is 5.75 Å². The second-order valence-electron chi connectivity index (χ2n) is 7.26. The van der Waals surface area contributed by atoms with Gasteiger partial charge >= 0.3 is 5.69 Å². The summed E-state index contributed by atoms with van der Waals surface area (Å²) in [5.74, 6) is 0.458. The summed E-state index contributed by atoms with van der Waals surface area (Å²) in [6, 6.07) is 10.2. The molecule has 1 aliphatic heterocycles. The first-order chi connectivity index (χ1) is 15.5. The lowest BCUT2D eigenvalue weighted by Gasteiger charge is -2.18. The van der Waals surface area contributed by atoms with Gasteiger partial charge in [0, 0.05) is 25.5 Å². The van der Waals surface area contributed by atoms with Gasteiger partial charge < -0.3 is 9.47 Å². The molecule has 32 heavy (non-hydrogen) atoms. The summed E-state index contributed by atoms with van der Waals surface area (Å²) in [6.45, 7) is 4.39. The number of hydrogen-bond acceptors (Lipinski definition) is 7. The summed E-state index contributed by atoms with van der Waals surface area (Å²) in [5.41, 5.74) is 2.80. The van der Waals surface area contributed by atoms with Crippen molar-refractivity contribution >= 4 is 11.6 Å². The molecule has 1 aliphatic rings. The summed E-state index contributed by atoms with van der Waals surface area (Å²) >= 11 is 0. The average molecular weight is 438 g/mol. The molecule has 10 heteroatoms. The summed E-state index contributed by atoms with van der Waals surface area (Å²) in [6.07, 6.45) is 0.940. The van der Waals surface area contributed by atoms with Crippen LogP contribution in [0, 0.1) is 12.7 Å². The molecule has 0 bridgehead atoms. The predicted octanol–water partition coefficient (Wildman–Crippen LogP) is 2.93. The first kappa shape index (κ1) is 21.4. The molecule has 2 aromatic carbocycles. The summed E-state index contributed by atoms with van der Waals surface area (Å²) in [5, 5.41) is 16.2. The van der Waals surface area contributed by atoms with E-state index in [0.29, 0.717) is 48.1 Å². The minimum atomic E-state index is -0.394. The van der Waals surface area contributed by atoms with Crippen LogP contribution in [0.4, 0.5) is 4.39 Å². The second kappa shape index (κ2) is 9.13. The molecule has 0 atom stereocenters. The van der Waals surface area contributed by atoms with E-state index in [4.69, 9.17) is 9.47 Å². The van der Waals surface area contributed by atoms with Crippen LogP contribution in [0.2, 0.25) is 0 Å². The van der Waals surface area contributed by atoms with Gasteiger partial charge in [-0.05, 0) is 41.1 Å². The van der Waals surface area contributed by atoms with E-state index in [0.717, 1.165) is 15.8 Å². The number of tetrazole rings is 1. The molecule has 4 rings (SSSR count). The van der Waals surface area contributed by atoms with Gasteiger partial charge in [0.1, 0.15) is 18.2 Å². The van der Waals surface area contributed by atoms with Crippen LogP contribution in [0.3, 0.4) is 0 Å². The Morgan fingerprint density at radius 2 is 2.06 bits per heavy atom. The molecule has 3 aromatic rings. The van der Waals surface area contributed by atoms with E-state index in [2.05, 4.69) is 20.6 Å². The SMILES string of the molecule is CC/C(=N/N=C1/CCOc2cccc(F)c21)OCc1c(C)cccc1-n1nnn(C)c1=O. The molecule has 0 saturated heterocycles. The molecule has 0 radical (unpaired) electrons. The largest absolute Gasteiger partial charge is 0.492 e. The topological polar surface area (TPSA) is 95.9 Å². The van der Waals surface area contributed by atoms with E-state index in [9.17, 15) is 9.18 Å². The molecule has 0 saturated carbocycles. The fourth-order valence-corrected chi connectivity index (χ4v) is 3.40. The molecule has 1 aromatic heterocycles. The van der Waals surface area contributed by atoms with Crippen LogP contribution in [-0.4, -0.2) is 38.0 Å². The van der Waals surface area contributed by atoms with Gasteiger partial charge in [-0.2, -0.15) is 14.5 Å². The Morgan fingerprint density at radius 3 is 2.81 bits per heavy atom. The van der Waals surface area contributed by atoms with Crippen molar-refractivity contribution in [2.75, 3.05) is 6.61 Å². The van der Waals surface area contributed by atoms with Crippen LogP contribution in [-0.2, 0) is 18.4 Å². The second-order valence-corrected chi connectivity index (χ2v) is 7.26. The van der Waals surface area contributed by atoms with Crippen molar-refractivity contribution in [2.24, 2.45) is 17.3 Å². The molecular weight excluding hydrogens is 415 g/mol. The fraction of sp³-hybridized carbons (Fsp3) is 0.318. The van der Waals surface area contributed by atoms with Crippen molar-refractivity contribution in [3.05, 3.63) is 69.4 Å². The van der Waals surface area contributed by atoms with Crippen LogP contribution >= 0.6 is 0 Å². The molecule has 0 aliphatic carbocycles. The highest BCUT2D eigenvalue weighted by Gasteiger charge is 2.21. The highest BCUT2D eigenvalue weighted by atomic mass is 19.1. The van der Waals surface area contributed by atoms with Gasteiger partial charge in [0.25, 0.3) is 0 Å². The van der Waals surface area contributed by atoms with Gasteiger partial charge in [-0.25, -0.2) is 9.18 Å². The smallest absolute Gasteiger partial charge is 0.368 e. The third-order valence-electron chi connectivity index (χ3n) is 5.16. The Balaban J connectivity index is 1.60. The van der Waals surface area contributed by atoms with E-state index in [-0.39, 0.29) is 12.3 Å². The molecule has 2 heterocycles. The lowest BCUT2D eigenvalue weighted by Crippen LogP contribution is -2.23. The van der Waals surface area contributed by atoms with E-state index in [1.165, 1.54) is 17.8 Å². The summed E-state index contributed by atoms with van der Waals surface area (Å²) in [7, 11) is 1.54. The Kier molecular flexibility index (Phi) is 6.11. The van der Waals surface area contributed by atoms with Crippen molar-refractivity contribution in [3.8, 4) is 11.4 Å². The van der Waals surface area contributed by atoms with Crippen LogP contribution in [0.1, 0.15) is 36.5 Å². The van der Waals surface area contributed by atoms with Crippen molar-refractivity contribution in [3.63, 3.8) is 0 Å². The lowest BCUT2D eigenvalue weighted by molar-refractivity contribution is 0.282. The van der Waals surface area contributed by atoms with E-state index in [1.807, 2.05) is 26.0 Å². The third-order valence-corrected chi connectivity index (χ3v) is 5.16. The van der Waals surface area contributed by atoms with Crippen molar-refractivity contribution < 1.29 is 13.9 Å². The van der Waals surface area contributed by atoms with Gasteiger partial charge in [-0.3, -0.25) is 0 Å². The van der Waals surface area contributed by atoms with Gasteiger partial charge in [0.05, 0.1) is 23.6 Å². The quantitative estimate of drug-likeness (QED) is 0.347. The average Bonchev–Trinajstić information content (AvgIpc) is 3.13. The number of nitrogens with zero attached hydrogens (tertiary/aromatic N) is 6. The van der Waals surface area contributed by atoms with E-state index < -0.39 is 5.82 Å². The summed E-state index contributed by atoms with van der Waals surface area (Å²) in [4.78, 5) is 12.3. The zero-order valence-corrected chi connectivity index (χ0v) is 18.1. The van der Waals surface area contributed by atoms with Gasteiger partial charge in [-0.15, -0.1) is 5.10 Å². The van der Waals surface area contributed by atoms with Crippen LogP contribution in [0.25, 0.3) is 5.69 Å². The molecule has 9 nitrogen and oxygen atoms in total. The molecule has 0 fully saturated rings. The standard InChI is InChI=1S/C22H23FN6O3/c1-4-20(25-24-17-11-12-31-19-10-6-8-16(23)21(17)19)32-13-15-14(2)7-5-9-18(15)29-22(30)28(3)26-27-29/h5-10H,4,11-13H2,1-3H3/b24-17-,25-20-. The van der Waals surface area contributed by atoms with Crippen LogP contribution in [0.15, 0.2) is 51.4 Å². The zero-order chi connectivity index (χ0) is 22.7. The van der Waals surface area contributed by atoms with Crippen LogP contribution < -0.4 is 10.4 Å². The Hall–Kier alpha value is -3.82. The number of ether oxygens (including phenoxy) is 2. The number of rotatable bonds is 5. The molecule has 0 spiro atoms. The Morgan fingerprint density at radius 1 is 1.25 bits per heavy atom. The third kappa shape index (κ3) is 4.16. The van der Waals surface area contributed by atoms with Gasteiger partial charge in [0.2, 0.25) is 5.90 Å². The number of aryl methyl sites for hydroxylation is 2. The summed E-state index contributed by atoms with van der Waals surface area (Å²) < 4.78 is 28.1. The molecule has 0 amide bonds. The fourth-order valence-electron chi connectivity index (χ4n) is 3.40. The monoisotopic (exact) mass is 438 g/mol. The van der Waals surface area contributed by atoms with E-state index in [1.54, 1.807) is 18.2 Å². The number of hydrogen-bond donors (Lipinski definition) is 0. The normalized spacial score (nSPS) is 14.9. The Labute approximate surface area is 183 Å². The van der Waals surface area contributed by atoms with Gasteiger partial charge in [0.15, 0.2) is 0 Å². The lowest BCUT2D eigenvalue weighted by atomic mass is 10.0. The molecule has 166 valence electrons. The van der Waals surface area contributed by atoms with Crippen molar-refractivity contribution in [1.29, 1.82) is 0 Å². The number of benzene rings is 2. The first-order valence-corrected chi connectivity index (χ1v) is 10.2. The zero-order valence-electron chi connectivity index (χ0n) is 18.1. The maximum atomic E-state index is 14.3. The molecule has 0 N–H and O–H groups in total. The minimum Gasteiger partial charge on any atom is -0.492 e. The number of aromatic nitrogens is 4. The molecular formula is C22H23FN6O3. The molecule has 0 unspecified atom stereocenters. The predicted molar refractivity (Wildman–Crippen MR) is 117 cm³/mol. The highest BCUT2D eigenvalue weighted by Crippen LogP contribution is 2.27. The number of fused-ring (bicyclic) bond motifs is 1. The maximum absolute atomic E-state index is 14.3. The maximum Gasteiger partial charge on any atom is 0.368 e. The van der Waals surface area contributed by atoms with Gasteiger partial charge in [-0.1, -0.05) is 25.1 Å². The van der Waals surface area contributed by atoms with Crippen molar-refractivity contribution in [2.45, 2.75) is 33.3 Å². The first-order valence-electron chi connectivity index (χ1n) is 10.2. The highest BCUT2D eigenvalue weighted by molar-refractivity contribution is 6.04. The number of halogens is 1. The minimum absolute atomic E-state index is 0.163. The van der Waals surface area contributed by atoms with E-state index >= 15 is 0 Å².